The maximum atomic E-state index is 15.0. The zero-order valence-electron chi connectivity index (χ0n) is 21.4. The Morgan fingerprint density at radius 3 is 2.58 bits per heavy atom. The Hall–Kier alpha value is -3.57. The van der Waals surface area contributed by atoms with Gasteiger partial charge in [-0.2, -0.15) is 4.98 Å². The number of nitrogens with zero attached hydrogens (tertiary/aromatic N) is 5. The summed E-state index contributed by atoms with van der Waals surface area (Å²) >= 11 is 6.63. The topological polar surface area (TPSA) is 120 Å². The van der Waals surface area contributed by atoms with Gasteiger partial charge in [-0.15, -0.1) is 0 Å². The summed E-state index contributed by atoms with van der Waals surface area (Å²) in [5, 5.41) is 13.7. The molecule has 0 aliphatic carbocycles. The van der Waals surface area contributed by atoms with Crippen LogP contribution in [0.4, 0.5) is 26.4 Å². The van der Waals surface area contributed by atoms with Gasteiger partial charge in [0.05, 0.1) is 22.7 Å². The van der Waals surface area contributed by atoms with E-state index >= 15 is 4.39 Å². The number of piperazine rings is 1. The highest BCUT2D eigenvalue weighted by atomic mass is 35.5. The number of benzene rings is 1. The van der Waals surface area contributed by atoms with Gasteiger partial charge in [0.15, 0.2) is 5.82 Å². The summed E-state index contributed by atoms with van der Waals surface area (Å²) in [5.74, 6) is 0.329. The van der Waals surface area contributed by atoms with Crippen LogP contribution in [0.1, 0.15) is 19.4 Å². The first-order chi connectivity index (χ1) is 18.0. The van der Waals surface area contributed by atoms with Crippen LogP contribution in [0.25, 0.3) is 22.2 Å². The van der Waals surface area contributed by atoms with Crippen LogP contribution in [0.3, 0.4) is 0 Å². The Morgan fingerprint density at radius 2 is 1.92 bits per heavy atom. The SMILES string of the molecule is Cc1cc(N)nc(-c2cc3nc(NC[C@@H](F)C(C)(C)O)nc(N4CCN(C=CC=O)CC4)c3cc2Cl)c1F. The van der Waals surface area contributed by atoms with Gasteiger partial charge in [0.1, 0.15) is 29.8 Å². The van der Waals surface area contributed by atoms with Crippen LogP contribution in [-0.2, 0) is 4.79 Å². The molecule has 1 saturated heterocycles. The highest BCUT2D eigenvalue weighted by Crippen LogP contribution is 2.37. The third kappa shape index (κ3) is 5.94. The lowest BCUT2D eigenvalue weighted by Crippen LogP contribution is -2.44. The van der Waals surface area contributed by atoms with E-state index in [0.717, 1.165) is 6.29 Å². The number of halogens is 3. The van der Waals surface area contributed by atoms with E-state index < -0.39 is 17.6 Å². The summed E-state index contributed by atoms with van der Waals surface area (Å²) in [7, 11) is 0. The highest BCUT2D eigenvalue weighted by molar-refractivity contribution is 6.34. The number of rotatable bonds is 8. The summed E-state index contributed by atoms with van der Waals surface area (Å²) in [6.07, 6.45) is 2.34. The first kappa shape index (κ1) is 27.5. The summed E-state index contributed by atoms with van der Waals surface area (Å²) in [4.78, 5) is 28.1. The fraction of sp³-hybridized carbons (Fsp3) is 0.385. The fourth-order valence-electron chi connectivity index (χ4n) is 4.17. The standard InChI is InChI=1S/C26H30ClF2N7O2/c1-15-11-21(30)33-23(22(15)29)16-13-19-17(12-18(16)27)24(36-8-6-35(7-9-36)5-4-10-37)34-25(32-19)31-14-20(28)26(2,3)38/h4-5,10-13,20,38H,6-9,14H2,1-3H3,(H2,30,33)(H,31,32,34)/t20-/m1/s1. The number of carbonyl (C=O) groups excluding carboxylic acids is 1. The number of hydrogen-bond acceptors (Lipinski definition) is 9. The van der Waals surface area contributed by atoms with Crippen LogP contribution in [0.2, 0.25) is 5.02 Å². The Bertz CT molecular complexity index is 1370. The quantitative estimate of drug-likeness (QED) is 0.287. The molecule has 0 saturated carbocycles. The van der Waals surface area contributed by atoms with Crippen LogP contribution >= 0.6 is 11.6 Å². The molecular formula is C26H30ClF2N7O2. The van der Waals surface area contributed by atoms with Crippen molar-refractivity contribution in [3.63, 3.8) is 0 Å². The van der Waals surface area contributed by atoms with Gasteiger partial charge in [-0.3, -0.25) is 4.79 Å². The third-order valence-corrected chi connectivity index (χ3v) is 6.69. The molecule has 0 unspecified atom stereocenters. The van der Waals surface area contributed by atoms with Gasteiger partial charge in [0.2, 0.25) is 5.95 Å². The molecule has 1 aromatic carbocycles. The number of nitrogens with one attached hydrogen (secondary N) is 1. The smallest absolute Gasteiger partial charge is 0.225 e. The van der Waals surface area contributed by atoms with Crippen molar-refractivity contribution in [1.29, 1.82) is 0 Å². The molecule has 2 aromatic heterocycles. The molecule has 1 fully saturated rings. The Labute approximate surface area is 224 Å². The van der Waals surface area contributed by atoms with E-state index in [4.69, 9.17) is 17.3 Å². The molecule has 4 rings (SSSR count). The van der Waals surface area contributed by atoms with E-state index in [9.17, 15) is 14.3 Å². The Morgan fingerprint density at radius 1 is 1.21 bits per heavy atom. The van der Waals surface area contributed by atoms with E-state index in [1.807, 2.05) is 9.80 Å². The average molecular weight is 546 g/mol. The van der Waals surface area contributed by atoms with Crippen molar-refractivity contribution >= 4 is 46.4 Å². The molecule has 3 aromatic rings. The molecule has 0 bridgehead atoms. The summed E-state index contributed by atoms with van der Waals surface area (Å²) < 4.78 is 29.5. The lowest BCUT2D eigenvalue weighted by Gasteiger charge is -2.35. The molecule has 0 amide bonds. The normalized spacial score (nSPS) is 15.3. The number of nitrogen functional groups attached to an aromatic ring is 1. The van der Waals surface area contributed by atoms with Crippen LogP contribution in [0.15, 0.2) is 30.5 Å². The summed E-state index contributed by atoms with van der Waals surface area (Å²) in [5.41, 5.74) is 5.41. The molecule has 0 radical (unpaired) electrons. The Kier molecular flexibility index (Phi) is 7.98. The van der Waals surface area contributed by atoms with E-state index in [-0.39, 0.29) is 29.0 Å². The molecule has 1 atom stereocenters. The van der Waals surface area contributed by atoms with Gasteiger partial charge >= 0.3 is 0 Å². The number of aliphatic hydroxyl groups is 1. The minimum Gasteiger partial charge on any atom is -0.387 e. The van der Waals surface area contributed by atoms with Crippen molar-refractivity contribution in [3.8, 4) is 11.3 Å². The number of anilines is 3. The lowest BCUT2D eigenvalue weighted by atomic mass is 10.0. The monoisotopic (exact) mass is 545 g/mol. The molecule has 3 heterocycles. The minimum atomic E-state index is -1.58. The molecular weight excluding hydrogens is 516 g/mol. The van der Waals surface area contributed by atoms with Crippen molar-refractivity contribution in [2.75, 3.05) is 48.7 Å². The van der Waals surface area contributed by atoms with E-state index in [0.29, 0.717) is 54.0 Å². The fourth-order valence-corrected chi connectivity index (χ4v) is 4.42. The highest BCUT2D eigenvalue weighted by Gasteiger charge is 2.27. The maximum Gasteiger partial charge on any atom is 0.225 e. The second-order valence-electron chi connectivity index (χ2n) is 9.75. The zero-order chi connectivity index (χ0) is 27.6. The number of aryl methyl sites for hydroxylation is 1. The number of fused-ring (bicyclic) bond motifs is 1. The number of pyridine rings is 1. The molecule has 9 nitrogen and oxygen atoms in total. The molecule has 4 N–H and O–H groups in total. The van der Waals surface area contributed by atoms with Crippen LogP contribution in [-0.4, -0.2) is 75.7 Å². The van der Waals surface area contributed by atoms with Gasteiger partial charge in [-0.05, 0) is 50.6 Å². The predicted octanol–water partition coefficient (Wildman–Crippen LogP) is 3.73. The van der Waals surface area contributed by atoms with Gasteiger partial charge in [0, 0.05) is 43.3 Å². The van der Waals surface area contributed by atoms with Gasteiger partial charge in [0.25, 0.3) is 0 Å². The molecule has 38 heavy (non-hydrogen) atoms. The second-order valence-corrected chi connectivity index (χ2v) is 10.2. The first-order valence-electron chi connectivity index (χ1n) is 12.1. The maximum absolute atomic E-state index is 15.0. The Balaban J connectivity index is 1.78. The third-order valence-electron chi connectivity index (χ3n) is 6.37. The van der Waals surface area contributed by atoms with E-state index in [2.05, 4.69) is 20.3 Å². The van der Waals surface area contributed by atoms with Gasteiger partial charge < -0.3 is 26.0 Å². The van der Waals surface area contributed by atoms with Crippen molar-refractivity contribution < 1.29 is 18.7 Å². The number of nitrogens with two attached hydrogens (primary N) is 1. The number of alkyl halides is 1. The minimum absolute atomic E-state index is 0.00510. The number of aromatic nitrogens is 3. The van der Waals surface area contributed by atoms with E-state index in [1.165, 1.54) is 26.0 Å². The summed E-state index contributed by atoms with van der Waals surface area (Å²) in [6, 6.07) is 4.72. The molecule has 1 aliphatic rings. The van der Waals surface area contributed by atoms with Gasteiger partial charge in [-0.25, -0.2) is 18.7 Å². The number of carbonyl (C=O) groups is 1. The van der Waals surface area contributed by atoms with E-state index in [1.54, 1.807) is 25.3 Å². The van der Waals surface area contributed by atoms with Gasteiger partial charge in [-0.1, -0.05) is 11.6 Å². The second kappa shape index (κ2) is 11.0. The summed E-state index contributed by atoms with van der Waals surface area (Å²) in [6.45, 7) is 6.61. The first-order valence-corrected chi connectivity index (χ1v) is 12.5. The number of aldehydes is 1. The van der Waals surface area contributed by atoms with Crippen molar-refractivity contribution in [2.24, 2.45) is 0 Å². The number of allylic oxidation sites excluding steroid dienone is 1. The molecule has 1 aliphatic heterocycles. The van der Waals surface area contributed by atoms with Crippen molar-refractivity contribution in [1.82, 2.24) is 19.9 Å². The molecule has 0 spiro atoms. The van der Waals surface area contributed by atoms with Crippen molar-refractivity contribution in [2.45, 2.75) is 32.5 Å². The predicted molar refractivity (Wildman–Crippen MR) is 146 cm³/mol. The largest absolute Gasteiger partial charge is 0.387 e. The van der Waals surface area contributed by atoms with Crippen LogP contribution < -0.4 is 16.0 Å². The lowest BCUT2D eigenvalue weighted by molar-refractivity contribution is -0.104. The van der Waals surface area contributed by atoms with Crippen LogP contribution in [0, 0.1) is 12.7 Å². The van der Waals surface area contributed by atoms with Crippen molar-refractivity contribution in [3.05, 3.63) is 46.9 Å². The molecule has 202 valence electrons. The zero-order valence-corrected chi connectivity index (χ0v) is 22.1. The molecule has 12 heteroatoms. The average Bonchev–Trinajstić information content (AvgIpc) is 2.87. The van der Waals surface area contributed by atoms with Crippen LogP contribution in [0.5, 0.6) is 0 Å². The number of hydrogen-bond donors (Lipinski definition) is 3.